The van der Waals surface area contributed by atoms with Crippen molar-refractivity contribution in [3.05, 3.63) is 68.9 Å². The predicted octanol–water partition coefficient (Wildman–Crippen LogP) is 4.01. The molecule has 0 unspecified atom stereocenters. The van der Waals surface area contributed by atoms with Crippen LogP contribution in [-0.4, -0.2) is 16.0 Å². The van der Waals surface area contributed by atoms with Gasteiger partial charge in [-0.25, -0.2) is 0 Å². The van der Waals surface area contributed by atoms with Crippen molar-refractivity contribution in [3.63, 3.8) is 0 Å². The monoisotopic (exact) mass is 365 g/mol. The number of carbonyl (C=O) groups excluding carboxylic acids is 1. The second-order valence-electron chi connectivity index (χ2n) is 6.29. The van der Waals surface area contributed by atoms with Gasteiger partial charge in [0.15, 0.2) is 11.5 Å². The van der Waals surface area contributed by atoms with E-state index in [2.05, 4.69) is 10.5 Å². The maximum atomic E-state index is 12.7. The molecule has 1 amide bonds. The van der Waals surface area contributed by atoms with E-state index in [4.69, 9.17) is 9.26 Å². The molecule has 2 heterocycles. The molecule has 8 heteroatoms. The molecule has 4 rings (SSSR count). The zero-order valence-corrected chi connectivity index (χ0v) is 14.6. The number of carbonyl (C=O) groups is 1. The number of hydrogen-bond donors (Lipinski definition) is 1. The van der Waals surface area contributed by atoms with Crippen LogP contribution in [0.1, 0.15) is 27.2 Å². The van der Waals surface area contributed by atoms with E-state index >= 15 is 0 Å². The zero-order valence-electron chi connectivity index (χ0n) is 14.6. The van der Waals surface area contributed by atoms with Gasteiger partial charge in [-0.3, -0.25) is 14.9 Å². The third-order valence-electron chi connectivity index (χ3n) is 4.51. The topological polar surface area (TPSA) is 108 Å². The highest BCUT2D eigenvalue weighted by Gasteiger charge is 2.29. The smallest absolute Gasteiger partial charge is 0.278 e. The fourth-order valence-electron chi connectivity index (χ4n) is 3.07. The van der Waals surface area contributed by atoms with Crippen LogP contribution in [0.3, 0.4) is 0 Å². The normalized spacial score (nSPS) is 11.9. The van der Waals surface area contributed by atoms with Gasteiger partial charge in [-0.05, 0) is 32.0 Å². The molecule has 0 saturated heterocycles. The Morgan fingerprint density at radius 3 is 2.85 bits per heavy atom. The fourth-order valence-corrected chi connectivity index (χ4v) is 3.07. The van der Waals surface area contributed by atoms with Crippen molar-refractivity contribution >= 4 is 17.3 Å². The van der Waals surface area contributed by atoms with Gasteiger partial charge in [0.2, 0.25) is 0 Å². The third kappa shape index (κ3) is 2.80. The number of nitrogens with one attached hydrogen (secondary N) is 1. The van der Waals surface area contributed by atoms with Crippen LogP contribution in [0.5, 0.6) is 5.75 Å². The molecule has 8 nitrogen and oxygen atoms in total. The Balaban J connectivity index is 1.68. The first-order valence-electron chi connectivity index (χ1n) is 8.23. The summed E-state index contributed by atoms with van der Waals surface area (Å²) < 4.78 is 11.1. The predicted molar refractivity (Wildman–Crippen MR) is 96.8 cm³/mol. The average molecular weight is 365 g/mol. The van der Waals surface area contributed by atoms with Gasteiger partial charge in [0.25, 0.3) is 11.6 Å². The summed E-state index contributed by atoms with van der Waals surface area (Å²) in [7, 11) is 0. The van der Waals surface area contributed by atoms with Gasteiger partial charge in [-0.15, -0.1) is 0 Å². The highest BCUT2D eigenvalue weighted by Crippen LogP contribution is 2.39. The number of nitro groups is 1. The van der Waals surface area contributed by atoms with Gasteiger partial charge >= 0.3 is 0 Å². The summed E-state index contributed by atoms with van der Waals surface area (Å²) in [4.78, 5) is 23.3. The van der Waals surface area contributed by atoms with E-state index in [1.54, 1.807) is 13.0 Å². The maximum absolute atomic E-state index is 12.7. The third-order valence-corrected chi connectivity index (χ3v) is 4.51. The van der Waals surface area contributed by atoms with Crippen molar-refractivity contribution in [2.24, 2.45) is 0 Å². The summed E-state index contributed by atoms with van der Waals surface area (Å²) in [6.07, 6.45) is 0. The quantitative estimate of drug-likeness (QED) is 0.555. The van der Waals surface area contributed by atoms with Gasteiger partial charge in [-0.1, -0.05) is 22.9 Å². The number of ether oxygens (including phenoxy) is 1. The highest BCUT2D eigenvalue weighted by molar-refractivity contribution is 6.05. The summed E-state index contributed by atoms with van der Waals surface area (Å²) >= 11 is 0. The molecule has 1 aliphatic rings. The lowest BCUT2D eigenvalue weighted by Crippen LogP contribution is -2.17. The SMILES string of the molecule is Cc1ccc2c(c1)-c1onc(C(=O)Nc3cccc([N+](=O)[O-])c3C)c1CO2. The molecule has 0 fully saturated rings. The first kappa shape index (κ1) is 16.8. The summed E-state index contributed by atoms with van der Waals surface area (Å²) in [6, 6.07) is 10.2. The molecule has 27 heavy (non-hydrogen) atoms. The number of nitrogens with zero attached hydrogens (tertiary/aromatic N) is 2. The van der Waals surface area contributed by atoms with Crippen LogP contribution < -0.4 is 10.1 Å². The number of nitro benzene ring substituents is 1. The lowest BCUT2D eigenvalue weighted by molar-refractivity contribution is -0.385. The largest absolute Gasteiger partial charge is 0.488 e. The number of fused-ring (bicyclic) bond motifs is 3. The van der Waals surface area contributed by atoms with Crippen molar-refractivity contribution in [2.75, 3.05) is 5.32 Å². The minimum atomic E-state index is -0.511. The Morgan fingerprint density at radius 2 is 2.07 bits per heavy atom. The molecule has 1 N–H and O–H groups in total. The number of anilines is 1. The molecular formula is C19H15N3O5. The van der Waals surface area contributed by atoms with Crippen LogP contribution in [0, 0.1) is 24.0 Å². The van der Waals surface area contributed by atoms with Crippen LogP contribution in [-0.2, 0) is 6.61 Å². The Hall–Kier alpha value is -3.68. The molecule has 2 aromatic carbocycles. The number of aromatic nitrogens is 1. The molecule has 0 radical (unpaired) electrons. The summed E-state index contributed by atoms with van der Waals surface area (Å²) in [6.45, 7) is 3.68. The lowest BCUT2D eigenvalue weighted by atomic mass is 10.0. The van der Waals surface area contributed by atoms with Crippen molar-refractivity contribution in [3.8, 4) is 17.1 Å². The van der Waals surface area contributed by atoms with Crippen molar-refractivity contribution in [1.29, 1.82) is 0 Å². The number of hydrogen-bond acceptors (Lipinski definition) is 6. The van der Waals surface area contributed by atoms with E-state index in [1.807, 2.05) is 25.1 Å². The zero-order chi connectivity index (χ0) is 19.1. The Morgan fingerprint density at radius 1 is 1.26 bits per heavy atom. The van der Waals surface area contributed by atoms with Gasteiger partial charge in [0, 0.05) is 6.07 Å². The van der Waals surface area contributed by atoms with E-state index in [0.29, 0.717) is 28.3 Å². The summed E-state index contributed by atoms with van der Waals surface area (Å²) in [5, 5.41) is 17.7. The highest BCUT2D eigenvalue weighted by atomic mass is 16.6. The Bertz CT molecular complexity index is 1090. The first-order chi connectivity index (χ1) is 13.0. The molecule has 1 aliphatic heterocycles. The van der Waals surface area contributed by atoms with E-state index < -0.39 is 10.8 Å². The second-order valence-corrected chi connectivity index (χ2v) is 6.29. The minimum absolute atomic E-state index is 0.0669. The lowest BCUT2D eigenvalue weighted by Gasteiger charge is -2.16. The molecule has 0 atom stereocenters. The van der Waals surface area contributed by atoms with Crippen LogP contribution in [0.2, 0.25) is 0 Å². The van der Waals surface area contributed by atoms with Crippen molar-refractivity contribution < 1.29 is 19.0 Å². The number of rotatable bonds is 3. The van der Waals surface area contributed by atoms with E-state index in [1.165, 1.54) is 12.1 Å². The van der Waals surface area contributed by atoms with Crippen LogP contribution in [0.25, 0.3) is 11.3 Å². The van der Waals surface area contributed by atoms with Gasteiger partial charge in [-0.2, -0.15) is 0 Å². The molecule has 0 bridgehead atoms. The van der Waals surface area contributed by atoms with Crippen LogP contribution in [0.4, 0.5) is 11.4 Å². The van der Waals surface area contributed by atoms with E-state index in [0.717, 1.165) is 11.1 Å². The van der Waals surface area contributed by atoms with Crippen LogP contribution >= 0.6 is 0 Å². The van der Waals surface area contributed by atoms with Gasteiger partial charge in [0.05, 0.1) is 27.3 Å². The maximum Gasteiger partial charge on any atom is 0.278 e. The number of benzene rings is 2. The van der Waals surface area contributed by atoms with E-state index in [9.17, 15) is 14.9 Å². The molecule has 1 aromatic heterocycles. The van der Waals surface area contributed by atoms with Crippen molar-refractivity contribution in [1.82, 2.24) is 5.16 Å². The fraction of sp³-hybridized carbons (Fsp3) is 0.158. The first-order valence-corrected chi connectivity index (χ1v) is 8.23. The molecule has 136 valence electrons. The van der Waals surface area contributed by atoms with E-state index in [-0.39, 0.29) is 18.0 Å². The average Bonchev–Trinajstić information content (AvgIpc) is 3.07. The standard InChI is InChI=1S/C19H15N3O5/c1-10-6-7-16-12(8-10)18-13(9-26-16)17(21-27-18)19(23)20-14-4-3-5-15(11(14)2)22(24)25/h3-8H,9H2,1-2H3,(H,20,23). The second kappa shape index (κ2) is 6.24. The number of amides is 1. The van der Waals surface area contributed by atoms with Crippen LogP contribution in [0.15, 0.2) is 40.9 Å². The molecule has 0 saturated carbocycles. The summed E-state index contributed by atoms with van der Waals surface area (Å²) in [5.41, 5.74) is 3.07. The molecular weight excluding hydrogens is 350 g/mol. The summed E-state index contributed by atoms with van der Waals surface area (Å²) in [5.74, 6) is 0.662. The Labute approximate surface area is 153 Å². The van der Waals surface area contributed by atoms with Gasteiger partial charge in [0.1, 0.15) is 12.4 Å². The minimum Gasteiger partial charge on any atom is -0.488 e. The van der Waals surface area contributed by atoms with Gasteiger partial charge < -0.3 is 14.6 Å². The molecule has 0 aliphatic carbocycles. The van der Waals surface area contributed by atoms with Crippen molar-refractivity contribution in [2.45, 2.75) is 20.5 Å². The molecule has 3 aromatic rings. The number of aryl methyl sites for hydroxylation is 1. The molecule has 0 spiro atoms. The Kier molecular flexibility index (Phi) is 3.88.